The lowest BCUT2D eigenvalue weighted by Gasteiger charge is -2.10. The van der Waals surface area contributed by atoms with Gasteiger partial charge in [-0.3, -0.25) is 14.9 Å². The normalized spacial score (nSPS) is 11.9. The fourth-order valence-corrected chi connectivity index (χ4v) is 2.50. The van der Waals surface area contributed by atoms with Crippen molar-refractivity contribution in [2.75, 3.05) is 12.3 Å². The van der Waals surface area contributed by atoms with Crippen LogP contribution < -0.4 is 11.1 Å². The van der Waals surface area contributed by atoms with E-state index in [2.05, 4.69) is 10.3 Å². The molecule has 0 spiro atoms. The minimum absolute atomic E-state index is 0.0358. The van der Waals surface area contributed by atoms with Crippen molar-refractivity contribution in [3.63, 3.8) is 0 Å². The molecule has 1 heterocycles. The third-order valence-corrected chi connectivity index (χ3v) is 3.91. The Hall–Kier alpha value is -2.48. The molecule has 0 fully saturated rings. The number of carbonyl (C=O) groups is 1. The lowest BCUT2D eigenvalue weighted by molar-refractivity contribution is -0.385. The SMILES string of the molecule is CC(CNC(=O)c1cc(N)ccc1[N+](=O)[O-])c1nccs1. The summed E-state index contributed by atoms with van der Waals surface area (Å²) in [5, 5.41) is 16.4. The number of nitrogens with zero attached hydrogens (tertiary/aromatic N) is 2. The van der Waals surface area contributed by atoms with Gasteiger partial charge in [0.1, 0.15) is 5.56 Å². The van der Waals surface area contributed by atoms with Crippen molar-refractivity contribution in [2.45, 2.75) is 12.8 Å². The molecule has 0 saturated carbocycles. The van der Waals surface area contributed by atoms with Crippen LogP contribution in [-0.4, -0.2) is 22.4 Å². The molecule has 7 nitrogen and oxygen atoms in total. The van der Waals surface area contributed by atoms with Crippen molar-refractivity contribution in [3.05, 3.63) is 50.5 Å². The summed E-state index contributed by atoms with van der Waals surface area (Å²) in [6, 6.07) is 3.93. The number of nitrogens with one attached hydrogen (secondary N) is 1. The standard InChI is InChI=1S/C13H14N4O3S/c1-8(13-15-4-5-21-13)7-16-12(18)10-6-9(14)2-3-11(10)17(19)20/h2-6,8H,7,14H2,1H3,(H,16,18). The smallest absolute Gasteiger partial charge is 0.282 e. The molecule has 2 rings (SSSR count). The number of nitrogens with two attached hydrogens (primary N) is 1. The van der Waals surface area contributed by atoms with Crippen LogP contribution in [0, 0.1) is 10.1 Å². The lowest BCUT2D eigenvalue weighted by atomic mass is 10.1. The quantitative estimate of drug-likeness (QED) is 0.499. The van der Waals surface area contributed by atoms with Crippen LogP contribution in [0.5, 0.6) is 0 Å². The first kappa shape index (κ1) is 14.9. The predicted molar refractivity (Wildman–Crippen MR) is 80.4 cm³/mol. The maximum absolute atomic E-state index is 12.1. The first-order valence-corrected chi connectivity index (χ1v) is 7.08. The molecule has 0 radical (unpaired) electrons. The van der Waals surface area contributed by atoms with Gasteiger partial charge in [0.05, 0.1) is 9.93 Å². The van der Waals surface area contributed by atoms with Gasteiger partial charge in [-0.1, -0.05) is 6.92 Å². The van der Waals surface area contributed by atoms with Crippen molar-refractivity contribution in [1.29, 1.82) is 0 Å². The van der Waals surface area contributed by atoms with E-state index in [-0.39, 0.29) is 17.2 Å². The fraction of sp³-hybridized carbons (Fsp3) is 0.231. The largest absolute Gasteiger partial charge is 0.399 e. The second kappa shape index (κ2) is 6.31. The number of hydrogen-bond acceptors (Lipinski definition) is 6. The van der Waals surface area contributed by atoms with Crippen molar-refractivity contribution >= 4 is 28.6 Å². The lowest BCUT2D eigenvalue weighted by Crippen LogP contribution is -2.28. The van der Waals surface area contributed by atoms with Gasteiger partial charge in [-0.05, 0) is 12.1 Å². The maximum atomic E-state index is 12.1. The second-order valence-electron chi connectivity index (χ2n) is 4.52. The number of hydrogen-bond donors (Lipinski definition) is 2. The topological polar surface area (TPSA) is 111 Å². The van der Waals surface area contributed by atoms with Crippen molar-refractivity contribution in [2.24, 2.45) is 0 Å². The molecule has 0 aliphatic rings. The summed E-state index contributed by atoms with van der Waals surface area (Å²) in [6.45, 7) is 2.27. The number of nitrogen functional groups attached to an aromatic ring is 1. The molecule has 2 aromatic rings. The van der Waals surface area contributed by atoms with Gasteiger partial charge >= 0.3 is 0 Å². The first-order valence-electron chi connectivity index (χ1n) is 6.20. The second-order valence-corrected chi connectivity index (χ2v) is 5.44. The molecule has 3 N–H and O–H groups in total. The highest BCUT2D eigenvalue weighted by molar-refractivity contribution is 7.09. The van der Waals surface area contributed by atoms with Gasteiger partial charge in [-0.2, -0.15) is 0 Å². The molecule has 1 amide bonds. The number of thiazole rings is 1. The number of aromatic nitrogens is 1. The van der Waals surface area contributed by atoms with Crippen LogP contribution in [0.2, 0.25) is 0 Å². The summed E-state index contributed by atoms with van der Waals surface area (Å²) >= 11 is 1.50. The van der Waals surface area contributed by atoms with Gasteiger partial charge in [0.2, 0.25) is 0 Å². The Balaban J connectivity index is 2.10. The van der Waals surface area contributed by atoms with Crippen LogP contribution in [0.4, 0.5) is 11.4 Å². The molecule has 21 heavy (non-hydrogen) atoms. The number of rotatable bonds is 5. The van der Waals surface area contributed by atoms with Crippen LogP contribution in [0.3, 0.4) is 0 Å². The number of benzene rings is 1. The first-order chi connectivity index (χ1) is 9.99. The van der Waals surface area contributed by atoms with Crippen LogP contribution in [-0.2, 0) is 0 Å². The molecule has 1 aromatic heterocycles. The molecular formula is C13H14N4O3S. The van der Waals surface area contributed by atoms with Crippen molar-refractivity contribution in [3.8, 4) is 0 Å². The van der Waals surface area contributed by atoms with E-state index >= 15 is 0 Å². The molecule has 0 bridgehead atoms. The van der Waals surface area contributed by atoms with Gasteiger partial charge < -0.3 is 11.1 Å². The molecular weight excluding hydrogens is 292 g/mol. The molecule has 0 aliphatic carbocycles. The molecule has 1 atom stereocenters. The number of anilines is 1. The van der Waals surface area contributed by atoms with E-state index in [0.717, 1.165) is 5.01 Å². The third-order valence-electron chi connectivity index (χ3n) is 2.90. The summed E-state index contributed by atoms with van der Waals surface area (Å²) < 4.78 is 0. The molecule has 0 aliphatic heterocycles. The van der Waals surface area contributed by atoms with Crippen molar-refractivity contribution in [1.82, 2.24) is 10.3 Å². The molecule has 1 aromatic carbocycles. The minimum atomic E-state index is -0.599. The number of nitro benzene ring substituents is 1. The zero-order chi connectivity index (χ0) is 15.4. The van der Waals surface area contributed by atoms with Crippen LogP contribution in [0.15, 0.2) is 29.8 Å². The Morgan fingerprint density at radius 3 is 2.95 bits per heavy atom. The van der Waals surface area contributed by atoms with E-state index < -0.39 is 10.8 Å². The molecule has 110 valence electrons. The molecule has 8 heteroatoms. The average molecular weight is 306 g/mol. The summed E-state index contributed by atoms with van der Waals surface area (Å²) in [6.07, 6.45) is 1.70. The Kier molecular flexibility index (Phi) is 4.49. The zero-order valence-corrected chi connectivity index (χ0v) is 12.1. The Morgan fingerprint density at radius 1 is 1.57 bits per heavy atom. The summed E-state index contributed by atoms with van der Waals surface area (Å²) in [7, 11) is 0. The third kappa shape index (κ3) is 3.54. The fourth-order valence-electron chi connectivity index (χ4n) is 1.80. The van der Waals surface area contributed by atoms with Gasteiger partial charge in [-0.15, -0.1) is 11.3 Å². The maximum Gasteiger partial charge on any atom is 0.282 e. The highest BCUT2D eigenvalue weighted by Crippen LogP contribution is 2.22. The van der Waals surface area contributed by atoms with Crippen LogP contribution in [0.25, 0.3) is 0 Å². The van der Waals surface area contributed by atoms with Gasteiger partial charge in [0.15, 0.2) is 0 Å². The zero-order valence-electron chi connectivity index (χ0n) is 11.3. The van der Waals surface area contributed by atoms with Gasteiger partial charge in [0.25, 0.3) is 11.6 Å². The van der Waals surface area contributed by atoms with Crippen LogP contribution in [0.1, 0.15) is 28.2 Å². The number of amides is 1. The van der Waals surface area contributed by atoms with Gasteiger partial charge in [0, 0.05) is 35.8 Å². The Morgan fingerprint density at radius 2 is 2.33 bits per heavy atom. The highest BCUT2D eigenvalue weighted by Gasteiger charge is 2.21. The van der Waals surface area contributed by atoms with E-state index in [1.807, 2.05) is 12.3 Å². The predicted octanol–water partition coefficient (Wildman–Crippen LogP) is 2.17. The van der Waals surface area contributed by atoms with Crippen LogP contribution >= 0.6 is 11.3 Å². The monoisotopic (exact) mass is 306 g/mol. The van der Waals surface area contributed by atoms with Crippen molar-refractivity contribution < 1.29 is 9.72 Å². The minimum Gasteiger partial charge on any atom is -0.399 e. The van der Waals surface area contributed by atoms with Gasteiger partial charge in [-0.25, -0.2) is 4.98 Å². The summed E-state index contributed by atoms with van der Waals surface area (Å²) in [4.78, 5) is 26.6. The number of carbonyl (C=O) groups excluding carboxylic acids is 1. The Labute approximate surface area is 125 Å². The van der Waals surface area contributed by atoms with E-state index in [1.54, 1.807) is 6.20 Å². The van der Waals surface area contributed by atoms with E-state index in [0.29, 0.717) is 12.2 Å². The summed E-state index contributed by atoms with van der Waals surface area (Å²) in [5.74, 6) is -0.480. The van der Waals surface area contributed by atoms with E-state index in [1.165, 1.54) is 29.5 Å². The van der Waals surface area contributed by atoms with E-state index in [4.69, 9.17) is 5.73 Å². The Bertz CT molecular complexity index is 657. The molecule has 1 unspecified atom stereocenters. The van der Waals surface area contributed by atoms with E-state index in [9.17, 15) is 14.9 Å². The summed E-state index contributed by atoms with van der Waals surface area (Å²) in [5.41, 5.74) is 5.60. The number of nitro groups is 1. The average Bonchev–Trinajstić information content (AvgIpc) is 2.98. The highest BCUT2D eigenvalue weighted by atomic mass is 32.1. The molecule has 0 saturated heterocycles.